The van der Waals surface area contributed by atoms with Gasteiger partial charge in [0.2, 0.25) is 5.91 Å². The normalized spacial score (nSPS) is 18.0. The van der Waals surface area contributed by atoms with Crippen LogP contribution in [0.4, 0.5) is 5.82 Å². The maximum Gasteiger partial charge on any atom is 0.256 e. The molecule has 2 aliphatic rings. The number of rotatable bonds is 5. The van der Waals surface area contributed by atoms with Crippen LogP contribution in [0.5, 0.6) is 5.75 Å². The molecular weight excluding hydrogens is 418 g/mol. The zero-order valence-electron chi connectivity index (χ0n) is 19.5. The molecule has 33 heavy (non-hydrogen) atoms. The van der Waals surface area contributed by atoms with E-state index >= 15 is 0 Å². The van der Waals surface area contributed by atoms with Crippen LogP contribution in [0.3, 0.4) is 0 Å². The van der Waals surface area contributed by atoms with Crippen LogP contribution in [-0.4, -0.2) is 51.9 Å². The number of carbonyl (C=O) groups is 2. The average molecular weight is 448 g/mol. The number of aromatic amines is 1. The minimum Gasteiger partial charge on any atom is -0.497 e. The van der Waals surface area contributed by atoms with Gasteiger partial charge in [-0.2, -0.15) is 0 Å². The Balaban J connectivity index is 1.50. The standard InChI is InChI=1S/C25H29N5O3/c1-14(2)13-30-22(31)11-17-15(3)27-23(28-24(17)30)21-6-5-9-29(21)25(32)19-12-26-20-8-7-16(33-4)10-18(19)20/h7-8,10,12,14,21,26H,5-6,9,11,13H2,1-4H3/t21-/m1/s1. The topological polar surface area (TPSA) is 91.4 Å². The Kier molecular flexibility index (Phi) is 5.31. The molecule has 1 N–H and O–H groups in total. The third-order valence-corrected chi connectivity index (χ3v) is 6.57. The van der Waals surface area contributed by atoms with Crippen molar-refractivity contribution >= 4 is 28.5 Å². The molecule has 172 valence electrons. The van der Waals surface area contributed by atoms with E-state index in [1.165, 1.54) is 0 Å². The number of aryl methyl sites for hydroxylation is 1. The van der Waals surface area contributed by atoms with Crippen LogP contribution in [0.25, 0.3) is 10.9 Å². The molecule has 0 aliphatic carbocycles. The molecule has 2 aliphatic heterocycles. The van der Waals surface area contributed by atoms with Crippen molar-refractivity contribution in [2.24, 2.45) is 5.92 Å². The van der Waals surface area contributed by atoms with Gasteiger partial charge in [0.1, 0.15) is 11.6 Å². The highest BCUT2D eigenvalue weighted by molar-refractivity contribution is 6.07. The molecule has 2 amide bonds. The van der Waals surface area contributed by atoms with Crippen molar-refractivity contribution in [3.63, 3.8) is 0 Å². The second-order valence-electron chi connectivity index (χ2n) is 9.31. The van der Waals surface area contributed by atoms with Gasteiger partial charge in [-0.25, -0.2) is 9.97 Å². The predicted molar refractivity (Wildman–Crippen MR) is 126 cm³/mol. The highest BCUT2D eigenvalue weighted by atomic mass is 16.5. The van der Waals surface area contributed by atoms with E-state index < -0.39 is 0 Å². The van der Waals surface area contributed by atoms with Gasteiger partial charge in [0.25, 0.3) is 5.91 Å². The Morgan fingerprint density at radius 1 is 1.30 bits per heavy atom. The van der Waals surface area contributed by atoms with E-state index in [4.69, 9.17) is 14.7 Å². The summed E-state index contributed by atoms with van der Waals surface area (Å²) in [6.07, 6.45) is 3.79. The minimum absolute atomic E-state index is 0.0473. The Morgan fingerprint density at radius 3 is 2.88 bits per heavy atom. The molecule has 0 unspecified atom stereocenters. The Morgan fingerprint density at radius 2 is 2.12 bits per heavy atom. The van der Waals surface area contributed by atoms with Crippen LogP contribution in [0, 0.1) is 12.8 Å². The van der Waals surface area contributed by atoms with Crippen molar-refractivity contribution < 1.29 is 14.3 Å². The van der Waals surface area contributed by atoms with Crippen molar-refractivity contribution in [2.75, 3.05) is 25.1 Å². The van der Waals surface area contributed by atoms with E-state index in [0.717, 1.165) is 35.0 Å². The van der Waals surface area contributed by atoms with Gasteiger partial charge in [0, 0.05) is 41.4 Å². The molecule has 5 rings (SSSR count). The molecule has 1 saturated heterocycles. The summed E-state index contributed by atoms with van der Waals surface area (Å²) < 4.78 is 5.35. The number of hydrogen-bond donors (Lipinski definition) is 1. The third kappa shape index (κ3) is 3.63. The Labute approximate surface area is 193 Å². The van der Waals surface area contributed by atoms with Gasteiger partial charge in [-0.1, -0.05) is 13.8 Å². The molecule has 8 nitrogen and oxygen atoms in total. The first-order valence-electron chi connectivity index (χ1n) is 11.5. The number of anilines is 1. The number of likely N-dealkylation sites (tertiary alicyclic amines) is 1. The van der Waals surface area contributed by atoms with E-state index in [1.807, 2.05) is 30.0 Å². The lowest BCUT2D eigenvalue weighted by Crippen LogP contribution is -2.33. The summed E-state index contributed by atoms with van der Waals surface area (Å²) in [5, 5.41) is 0.838. The third-order valence-electron chi connectivity index (χ3n) is 6.57. The molecule has 0 bridgehead atoms. The lowest BCUT2D eigenvalue weighted by molar-refractivity contribution is -0.117. The van der Waals surface area contributed by atoms with Gasteiger partial charge in [0.05, 0.1) is 25.1 Å². The number of H-pyrrole nitrogens is 1. The first-order chi connectivity index (χ1) is 15.9. The molecule has 8 heteroatoms. The molecule has 0 radical (unpaired) electrons. The Bertz CT molecular complexity index is 1250. The smallest absolute Gasteiger partial charge is 0.256 e. The molecule has 1 aromatic carbocycles. The van der Waals surface area contributed by atoms with Gasteiger partial charge in [-0.05, 0) is 43.9 Å². The molecule has 1 atom stereocenters. The van der Waals surface area contributed by atoms with Crippen molar-refractivity contribution in [1.29, 1.82) is 0 Å². The molecule has 0 saturated carbocycles. The first-order valence-corrected chi connectivity index (χ1v) is 11.5. The summed E-state index contributed by atoms with van der Waals surface area (Å²) in [6.45, 7) is 7.39. The van der Waals surface area contributed by atoms with Crippen LogP contribution < -0.4 is 9.64 Å². The molecule has 4 heterocycles. The van der Waals surface area contributed by atoms with Gasteiger partial charge >= 0.3 is 0 Å². The van der Waals surface area contributed by atoms with Gasteiger partial charge in [0.15, 0.2) is 5.82 Å². The number of benzene rings is 1. The van der Waals surface area contributed by atoms with Gasteiger partial charge in [-0.15, -0.1) is 0 Å². The lowest BCUT2D eigenvalue weighted by Gasteiger charge is -2.25. The fourth-order valence-corrected chi connectivity index (χ4v) is 4.94. The maximum absolute atomic E-state index is 13.6. The number of amides is 2. The largest absolute Gasteiger partial charge is 0.497 e. The molecule has 2 aromatic heterocycles. The molecule has 3 aromatic rings. The number of methoxy groups -OCH3 is 1. The zero-order chi connectivity index (χ0) is 23.3. The van der Waals surface area contributed by atoms with Crippen molar-refractivity contribution in [1.82, 2.24) is 19.9 Å². The average Bonchev–Trinajstić information content (AvgIpc) is 3.51. The maximum atomic E-state index is 13.6. The summed E-state index contributed by atoms with van der Waals surface area (Å²) in [4.78, 5) is 42.7. The number of hydrogen-bond acceptors (Lipinski definition) is 5. The second kappa shape index (κ2) is 8.17. The van der Waals surface area contributed by atoms with Crippen LogP contribution >= 0.6 is 0 Å². The second-order valence-corrected chi connectivity index (χ2v) is 9.31. The number of nitrogens with zero attached hydrogens (tertiary/aromatic N) is 4. The summed E-state index contributed by atoms with van der Waals surface area (Å²) in [7, 11) is 1.62. The number of carbonyl (C=O) groups excluding carboxylic acids is 2. The van der Waals surface area contributed by atoms with Crippen LogP contribution in [0.2, 0.25) is 0 Å². The van der Waals surface area contributed by atoms with Crippen molar-refractivity contribution in [3.8, 4) is 5.75 Å². The Hall–Kier alpha value is -3.42. The van der Waals surface area contributed by atoms with Crippen LogP contribution in [0.1, 0.15) is 60.2 Å². The number of fused-ring (bicyclic) bond motifs is 2. The lowest BCUT2D eigenvalue weighted by atomic mass is 10.1. The molecule has 1 fully saturated rings. The van der Waals surface area contributed by atoms with E-state index in [9.17, 15) is 9.59 Å². The summed E-state index contributed by atoms with van der Waals surface area (Å²) in [6, 6.07) is 5.46. The van der Waals surface area contributed by atoms with E-state index in [2.05, 4.69) is 18.8 Å². The monoisotopic (exact) mass is 447 g/mol. The highest BCUT2D eigenvalue weighted by Gasteiger charge is 2.37. The summed E-state index contributed by atoms with van der Waals surface area (Å²) >= 11 is 0. The SMILES string of the molecule is COc1ccc2[nH]cc(C(=O)N3CCC[C@@H]3c3nc(C)c4c(n3)N(CC(C)C)C(=O)C4)c2c1. The minimum atomic E-state index is -0.214. The van der Waals surface area contributed by atoms with Gasteiger partial charge < -0.3 is 14.6 Å². The van der Waals surface area contributed by atoms with Gasteiger partial charge in [-0.3, -0.25) is 14.5 Å². The summed E-state index contributed by atoms with van der Waals surface area (Å²) in [5.74, 6) is 2.41. The number of aromatic nitrogens is 3. The van der Waals surface area contributed by atoms with Crippen LogP contribution in [0.15, 0.2) is 24.4 Å². The predicted octanol–water partition coefficient (Wildman–Crippen LogP) is 3.80. The highest BCUT2D eigenvalue weighted by Crippen LogP contribution is 2.37. The van der Waals surface area contributed by atoms with Crippen molar-refractivity contribution in [3.05, 3.63) is 47.0 Å². The van der Waals surface area contributed by atoms with Crippen LogP contribution in [-0.2, 0) is 11.2 Å². The summed E-state index contributed by atoms with van der Waals surface area (Å²) in [5.41, 5.74) is 3.24. The molecule has 0 spiro atoms. The zero-order valence-corrected chi connectivity index (χ0v) is 19.5. The fraction of sp³-hybridized carbons (Fsp3) is 0.440. The van der Waals surface area contributed by atoms with E-state index in [1.54, 1.807) is 18.2 Å². The van der Waals surface area contributed by atoms with E-state index in [-0.39, 0.29) is 17.9 Å². The van der Waals surface area contributed by atoms with E-state index in [0.29, 0.717) is 48.4 Å². The quantitative estimate of drug-likeness (QED) is 0.642. The van der Waals surface area contributed by atoms with Crippen molar-refractivity contribution in [2.45, 2.75) is 46.1 Å². The number of ether oxygens (including phenoxy) is 1. The first kappa shape index (κ1) is 21.4. The molecular formula is C25H29N5O3. The number of nitrogens with one attached hydrogen (secondary N) is 1. The fourth-order valence-electron chi connectivity index (χ4n) is 4.94.